The van der Waals surface area contributed by atoms with E-state index in [1.54, 1.807) is 6.07 Å². The summed E-state index contributed by atoms with van der Waals surface area (Å²) >= 11 is 0. The van der Waals surface area contributed by atoms with Crippen molar-refractivity contribution in [3.8, 4) is 0 Å². The zero-order valence-corrected chi connectivity index (χ0v) is 11.2. The van der Waals surface area contributed by atoms with Gasteiger partial charge < -0.3 is 15.4 Å². The highest BCUT2D eigenvalue weighted by molar-refractivity contribution is 5.91. The molecule has 0 spiro atoms. The van der Waals surface area contributed by atoms with Crippen LogP contribution in [-0.4, -0.2) is 35.9 Å². The lowest BCUT2D eigenvalue weighted by atomic mass is 9.99. The van der Waals surface area contributed by atoms with Crippen LogP contribution in [-0.2, 0) is 9.53 Å². The third kappa shape index (κ3) is 4.17. The van der Waals surface area contributed by atoms with Gasteiger partial charge in [0, 0.05) is 25.7 Å². The summed E-state index contributed by atoms with van der Waals surface area (Å²) in [6.07, 6.45) is 2.58. The molecule has 1 aliphatic heterocycles. The van der Waals surface area contributed by atoms with E-state index in [0.29, 0.717) is 19.0 Å². The lowest BCUT2D eigenvalue weighted by Gasteiger charge is -2.20. The predicted octanol–water partition coefficient (Wildman–Crippen LogP) is 1.66. The Morgan fingerprint density at radius 3 is 2.63 bits per heavy atom. The number of nitrogens with one attached hydrogen (secondary N) is 2. The van der Waals surface area contributed by atoms with E-state index in [1.165, 1.54) is 0 Å². The zero-order chi connectivity index (χ0) is 13.5. The van der Waals surface area contributed by atoms with Crippen LogP contribution in [0.15, 0.2) is 12.1 Å². The number of ether oxygens (including phenoxy) is 1. The predicted molar refractivity (Wildman–Crippen MR) is 73.0 cm³/mol. The highest BCUT2D eigenvalue weighted by atomic mass is 16.5. The molecular formula is C13H20N4O2. The third-order valence-corrected chi connectivity index (χ3v) is 3.06. The van der Waals surface area contributed by atoms with Gasteiger partial charge in [0.15, 0.2) is 5.82 Å². The summed E-state index contributed by atoms with van der Waals surface area (Å²) < 4.78 is 5.24. The smallest absolute Gasteiger partial charge is 0.228 e. The Kier molecular flexibility index (Phi) is 5.09. The molecule has 0 saturated carbocycles. The highest BCUT2D eigenvalue weighted by Gasteiger charge is 2.21. The number of hydrogen-bond acceptors (Lipinski definition) is 5. The minimum Gasteiger partial charge on any atom is -0.381 e. The van der Waals surface area contributed by atoms with Crippen molar-refractivity contribution in [3.63, 3.8) is 0 Å². The minimum absolute atomic E-state index is 0.00636. The number of carbonyl (C=O) groups is 1. The monoisotopic (exact) mass is 264 g/mol. The molecule has 2 heterocycles. The molecule has 104 valence electrons. The maximum Gasteiger partial charge on any atom is 0.228 e. The van der Waals surface area contributed by atoms with E-state index in [1.807, 2.05) is 6.07 Å². The topological polar surface area (TPSA) is 76.1 Å². The fourth-order valence-corrected chi connectivity index (χ4v) is 1.93. The van der Waals surface area contributed by atoms with Crippen LogP contribution in [0.2, 0.25) is 0 Å². The number of aromatic nitrogens is 2. The van der Waals surface area contributed by atoms with Gasteiger partial charge in [-0.15, -0.1) is 10.2 Å². The molecular weight excluding hydrogens is 244 g/mol. The summed E-state index contributed by atoms with van der Waals surface area (Å²) in [6, 6.07) is 3.59. The molecule has 1 aliphatic rings. The minimum atomic E-state index is 0.00636. The molecule has 1 fully saturated rings. The molecule has 1 amide bonds. The van der Waals surface area contributed by atoms with Crippen LogP contribution >= 0.6 is 0 Å². The van der Waals surface area contributed by atoms with Crippen LogP contribution in [0.4, 0.5) is 11.6 Å². The van der Waals surface area contributed by atoms with Gasteiger partial charge in [-0.05, 0) is 31.4 Å². The molecule has 6 nitrogen and oxygen atoms in total. The third-order valence-electron chi connectivity index (χ3n) is 3.06. The van der Waals surface area contributed by atoms with Crippen LogP contribution in [0, 0.1) is 5.92 Å². The Bertz CT molecular complexity index is 402. The first-order chi connectivity index (χ1) is 9.29. The van der Waals surface area contributed by atoms with E-state index in [0.717, 1.165) is 31.6 Å². The molecule has 0 unspecified atom stereocenters. The lowest BCUT2D eigenvalue weighted by molar-refractivity contribution is -0.122. The summed E-state index contributed by atoms with van der Waals surface area (Å²) in [6.45, 7) is 4.26. The van der Waals surface area contributed by atoms with E-state index in [-0.39, 0.29) is 11.8 Å². The summed E-state index contributed by atoms with van der Waals surface area (Å²) in [5.74, 6) is 1.25. The second-order valence-electron chi connectivity index (χ2n) is 4.61. The van der Waals surface area contributed by atoms with E-state index in [2.05, 4.69) is 27.8 Å². The van der Waals surface area contributed by atoms with E-state index < -0.39 is 0 Å². The summed E-state index contributed by atoms with van der Waals surface area (Å²) in [5.41, 5.74) is 0. The van der Waals surface area contributed by atoms with Crippen LogP contribution in [0.3, 0.4) is 0 Å². The number of amides is 1. The number of hydrogen-bond donors (Lipinski definition) is 2. The molecule has 0 aliphatic carbocycles. The average molecular weight is 264 g/mol. The quantitative estimate of drug-likeness (QED) is 0.846. The van der Waals surface area contributed by atoms with Crippen LogP contribution in [0.25, 0.3) is 0 Å². The van der Waals surface area contributed by atoms with Gasteiger partial charge in [0.1, 0.15) is 5.82 Å². The van der Waals surface area contributed by atoms with Crippen molar-refractivity contribution < 1.29 is 9.53 Å². The first-order valence-electron chi connectivity index (χ1n) is 6.76. The molecule has 0 radical (unpaired) electrons. The Morgan fingerprint density at radius 1 is 1.32 bits per heavy atom. The zero-order valence-electron chi connectivity index (χ0n) is 11.2. The van der Waals surface area contributed by atoms with Crippen LogP contribution < -0.4 is 10.6 Å². The van der Waals surface area contributed by atoms with E-state index in [9.17, 15) is 4.79 Å². The molecule has 2 N–H and O–H groups in total. The van der Waals surface area contributed by atoms with Crippen molar-refractivity contribution in [2.45, 2.75) is 26.2 Å². The van der Waals surface area contributed by atoms with Gasteiger partial charge in [-0.1, -0.05) is 6.92 Å². The summed E-state index contributed by atoms with van der Waals surface area (Å²) in [7, 11) is 0. The molecule has 2 rings (SSSR count). The van der Waals surface area contributed by atoms with Crippen LogP contribution in [0.1, 0.15) is 26.2 Å². The van der Waals surface area contributed by atoms with Crippen LogP contribution in [0.5, 0.6) is 0 Å². The van der Waals surface area contributed by atoms with Crippen molar-refractivity contribution in [1.82, 2.24) is 10.2 Å². The number of rotatable bonds is 5. The van der Waals surface area contributed by atoms with Crippen molar-refractivity contribution in [3.05, 3.63) is 12.1 Å². The van der Waals surface area contributed by atoms with E-state index in [4.69, 9.17) is 4.74 Å². The first-order valence-corrected chi connectivity index (χ1v) is 6.76. The maximum absolute atomic E-state index is 12.0. The standard InChI is InChI=1S/C13H20N4O2/c1-2-7-14-11-3-4-12(17-16-11)15-13(18)10-5-8-19-9-6-10/h3-4,10H,2,5-9H2,1H3,(H,14,16)(H,15,17,18). The molecule has 0 bridgehead atoms. The Morgan fingerprint density at radius 2 is 2.00 bits per heavy atom. The normalized spacial score (nSPS) is 16.1. The van der Waals surface area contributed by atoms with Gasteiger partial charge in [0.25, 0.3) is 0 Å². The molecule has 0 atom stereocenters. The summed E-state index contributed by atoms with van der Waals surface area (Å²) in [4.78, 5) is 12.0. The van der Waals surface area contributed by atoms with Crippen molar-refractivity contribution >= 4 is 17.5 Å². The number of carbonyl (C=O) groups excluding carboxylic acids is 1. The highest BCUT2D eigenvalue weighted by Crippen LogP contribution is 2.16. The van der Waals surface area contributed by atoms with Gasteiger partial charge in [-0.25, -0.2) is 0 Å². The van der Waals surface area contributed by atoms with E-state index >= 15 is 0 Å². The molecule has 1 saturated heterocycles. The average Bonchev–Trinajstić information content (AvgIpc) is 2.47. The number of anilines is 2. The molecule has 19 heavy (non-hydrogen) atoms. The Labute approximate surface area is 112 Å². The molecule has 6 heteroatoms. The van der Waals surface area contributed by atoms with Gasteiger partial charge in [0.2, 0.25) is 5.91 Å². The first kappa shape index (κ1) is 13.7. The molecule has 1 aromatic rings. The van der Waals surface area contributed by atoms with Crippen molar-refractivity contribution in [1.29, 1.82) is 0 Å². The largest absolute Gasteiger partial charge is 0.381 e. The number of nitrogens with zero attached hydrogens (tertiary/aromatic N) is 2. The second-order valence-corrected chi connectivity index (χ2v) is 4.61. The molecule has 1 aromatic heterocycles. The summed E-state index contributed by atoms with van der Waals surface area (Å²) in [5, 5.41) is 13.9. The van der Waals surface area contributed by atoms with Gasteiger partial charge in [0.05, 0.1) is 0 Å². The Hall–Kier alpha value is -1.69. The second kappa shape index (κ2) is 7.04. The van der Waals surface area contributed by atoms with Gasteiger partial charge in [-0.3, -0.25) is 4.79 Å². The maximum atomic E-state index is 12.0. The fourth-order valence-electron chi connectivity index (χ4n) is 1.93. The van der Waals surface area contributed by atoms with Crippen molar-refractivity contribution in [2.24, 2.45) is 5.92 Å². The Balaban J connectivity index is 1.86. The lowest BCUT2D eigenvalue weighted by Crippen LogP contribution is -2.28. The van der Waals surface area contributed by atoms with Gasteiger partial charge in [-0.2, -0.15) is 0 Å². The SMILES string of the molecule is CCCNc1ccc(NC(=O)C2CCOCC2)nn1. The van der Waals surface area contributed by atoms with Crippen molar-refractivity contribution in [2.75, 3.05) is 30.4 Å². The fraction of sp³-hybridized carbons (Fsp3) is 0.615. The van der Waals surface area contributed by atoms with Gasteiger partial charge >= 0.3 is 0 Å². The molecule has 0 aromatic carbocycles.